The van der Waals surface area contributed by atoms with Crippen LogP contribution >= 0.6 is 23.2 Å². The number of rotatable bonds is 7. The molecule has 0 aliphatic carbocycles. The first-order valence-electron chi connectivity index (χ1n) is 8.66. The van der Waals surface area contributed by atoms with Gasteiger partial charge in [-0.15, -0.1) is 0 Å². The fourth-order valence-corrected chi connectivity index (χ4v) is 3.24. The molecule has 30 heavy (non-hydrogen) atoms. The minimum Gasteiger partial charge on any atom is -0.467 e. The zero-order valence-electron chi connectivity index (χ0n) is 16.0. The Morgan fingerprint density at radius 2 is 1.77 bits per heavy atom. The van der Waals surface area contributed by atoms with E-state index in [-0.39, 0.29) is 27.7 Å². The number of ether oxygens (including phenoxy) is 1. The summed E-state index contributed by atoms with van der Waals surface area (Å²) in [4.78, 5) is 37.9. The van der Waals surface area contributed by atoms with Gasteiger partial charge in [0.25, 0.3) is 0 Å². The molecule has 1 atom stereocenters. The first-order chi connectivity index (χ1) is 14.1. The highest BCUT2D eigenvalue weighted by Gasteiger charge is 2.31. The van der Waals surface area contributed by atoms with Crippen molar-refractivity contribution in [2.24, 2.45) is 0 Å². The fraction of sp³-hybridized carbons (Fsp3) is 0.250. The van der Waals surface area contributed by atoms with E-state index in [4.69, 9.17) is 27.9 Å². The van der Waals surface area contributed by atoms with Crippen molar-refractivity contribution in [1.29, 1.82) is 0 Å². The largest absolute Gasteiger partial charge is 0.467 e. The van der Waals surface area contributed by atoms with Crippen LogP contribution in [0.5, 0.6) is 0 Å². The van der Waals surface area contributed by atoms with E-state index in [0.717, 1.165) is 31.1 Å². The van der Waals surface area contributed by atoms with Gasteiger partial charge in [0.1, 0.15) is 24.2 Å². The molecule has 0 spiro atoms. The van der Waals surface area contributed by atoms with Crippen molar-refractivity contribution >= 4 is 46.7 Å². The normalized spacial score (nSPS) is 11.5. The zero-order valence-corrected chi connectivity index (χ0v) is 17.6. The lowest BCUT2D eigenvalue weighted by molar-refractivity contribution is -0.152. The third-order valence-electron chi connectivity index (χ3n) is 4.22. The molecule has 2 rings (SSSR count). The Balaban J connectivity index is 2.27. The molecule has 2 aromatic carbocycles. The second-order valence-electron chi connectivity index (χ2n) is 6.27. The van der Waals surface area contributed by atoms with E-state index in [1.165, 1.54) is 12.1 Å². The van der Waals surface area contributed by atoms with Gasteiger partial charge in [0.2, 0.25) is 11.8 Å². The van der Waals surface area contributed by atoms with Gasteiger partial charge < -0.3 is 15.0 Å². The zero-order chi connectivity index (χ0) is 22.4. The number of para-hydroxylation sites is 1. The van der Waals surface area contributed by atoms with Crippen LogP contribution in [0, 0.1) is 11.6 Å². The van der Waals surface area contributed by atoms with E-state index in [1.807, 2.05) is 0 Å². The Morgan fingerprint density at radius 1 is 1.13 bits per heavy atom. The Bertz CT molecular complexity index is 952. The predicted octanol–water partition coefficient (Wildman–Crippen LogP) is 3.84. The van der Waals surface area contributed by atoms with Crippen molar-refractivity contribution in [3.63, 3.8) is 0 Å². The van der Waals surface area contributed by atoms with E-state index in [2.05, 4.69) is 5.32 Å². The number of nitrogens with zero attached hydrogens (tertiary/aromatic N) is 1. The van der Waals surface area contributed by atoms with E-state index < -0.39 is 42.0 Å². The number of methoxy groups -OCH3 is 1. The molecule has 0 aromatic heterocycles. The highest BCUT2D eigenvalue weighted by molar-refractivity contribution is 6.39. The molecule has 160 valence electrons. The molecule has 0 bridgehead atoms. The van der Waals surface area contributed by atoms with Crippen LogP contribution in [0.4, 0.5) is 14.5 Å². The van der Waals surface area contributed by atoms with Crippen molar-refractivity contribution < 1.29 is 27.9 Å². The van der Waals surface area contributed by atoms with Crippen molar-refractivity contribution in [3.05, 3.63) is 63.6 Å². The van der Waals surface area contributed by atoms with Crippen LogP contribution in [0.15, 0.2) is 36.4 Å². The highest BCUT2D eigenvalue weighted by Crippen LogP contribution is 2.29. The molecule has 0 saturated heterocycles. The maximum Gasteiger partial charge on any atom is 0.328 e. The number of amides is 2. The lowest BCUT2D eigenvalue weighted by atomic mass is 10.0. The van der Waals surface area contributed by atoms with Gasteiger partial charge in [0.05, 0.1) is 22.8 Å². The molecule has 0 heterocycles. The SMILES string of the molecule is COC(=O)C(Cc1ccc(F)cc1F)N(CC(=O)Nc1c(Cl)cccc1Cl)C(C)=O. The molecule has 10 heteroatoms. The molecule has 0 aliphatic heterocycles. The minimum atomic E-state index is -1.32. The average molecular weight is 459 g/mol. The van der Waals surface area contributed by atoms with Gasteiger partial charge in [-0.2, -0.15) is 0 Å². The lowest BCUT2D eigenvalue weighted by Gasteiger charge is -2.28. The van der Waals surface area contributed by atoms with Crippen LogP contribution in [-0.4, -0.2) is 42.4 Å². The summed E-state index contributed by atoms with van der Waals surface area (Å²) in [6.07, 6.45) is -0.321. The number of hydrogen-bond donors (Lipinski definition) is 1. The van der Waals surface area contributed by atoms with Crippen LogP contribution in [0.2, 0.25) is 10.0 Å². The molecule has 0 saturated carbocycles. The molecular weight excluding hydrogens is 441 g/mol. The second-order valence-corrected chi connectivity index (χ2v) is 7.08. The average Bonchev–Trinajstić information content (AvgIpc) is 2.68. The van der Waals surface area contributed by atoms with E-state index in [0.29, 0.717) is 6.07 Å². The van der Waals surface area contributed by atoms with Crippen molar-refractivity contribution in [1.82, 2.24) is 4.90 Å². The fourth-order valence-electron chi connectivity index (χ4n) is 2.74. The molecule has 0 aliphatic rings. The number of benzene rings is 2. The van der Waals surface area contributed by atoms with E-state index in [1.54, 1.807) is 6.07 Å². The topological polar surface area (TPSA) is 75.7 Å². The summed E-state index contributed by atoms with van der Waals surface area (Å²) < 4.78 is 32.0. The first-order valence-corrected chi connectivity index (χ1v) is 9.42. The van der Waals surface area contributed by atoms with Crippen LogP contribution < -0.4 is 5.32 Å². The van der Waals surface area contributed by atoms with Gasteiger partial charge in [0.15, 0.2) is 0 Å². The number of nitrogens with one attached hydrogen (secondary N) is 1. The smallest absolute Gasteiger partial charge is 0.328 e. The molecule has 1 N–H and O–H groups in total. The maximum absolute atomic E-state index is 14.1. The highest BCUT2D eigenvalue weighted by atomic mass is 35.5. The quantitative estimate of drug-likeness (QED) is 0.639. The Kier molecular flexibility index (Phi) is 8.14. The molecule has 0 radical (unpaired) electrons. The van der Waals surface area contributed by atoms with Gasteiger partial charge in [-0.25, -0.2) is 13.6 Å². The molecule has 6 nitrogen and oxygen atoms in total. The Labute approximate surface area is 181 Å². The third-order valence-corrected chi connectivity index (χ3v) is 4.85. The van der Waals surface area contributed by atoms with Gasteiger partial charge in [-0.05, 0) is 23.8 Å². The van der Waals surface area contributed by atoms with Crippen molar-refractivity contribution in [2.75, 3.05) is 19.0 Å². The van der Waals surface area contributed by atoms with Gasteiger partial charge in [0, 0.05) is 19.4 Å². The molecule has 2 aromatic rings. The Hall–Kier alpha value is -2.71. The number of hydrogen-bond acceptors (Lipinski definition) is 4. The van der Waals surface area contributed by atoms with Gasteiger partial charge >= 0.3 is 5.97 Å². The lowest BCUT2D eigenvalue weighted by Crippen LogP contribution is -2.49. The van der Waals surface area contributed by atoms with Crippen LogP contribution in [0.3, 0.4) is 0 Å². The minimum absolute atomic E-state index is 0.0207. The van der Waals surface area contributed by atoms with Crippen LogP contribution in [0.1, 0.15) is 12.5 Å². The predicted molar refractivity (Wildman–Crippen MR) is 108 cm³/mol. The summed E-state index contributed by atoms with van der Waals surface area (Å²) >= 11 is 12.0. The third kappa shape index (κ3) is 5.90. The molecule has 0 fully saturated rings. The molecule has 1 unspecified atom stereocenters. The van der Waals surface area contributed by atoms with Crippen molar-refractivity contribution in [3.8, 4) is 0 Å². The number of esters is 1. The second kappa shape index (κ2) is 10.4. The van der Waals surface area contributed by atoms with E-state index in [9.17, 15) is 23.2 Å². The summed E-state index contributed by atoms with van der Waals surface area (Å²) in [5, 5.41) is 2.85. The molecule has 2 amide bonds. The number of carbonyl (C=O) groups is 3. The van der Waals surface area contributed by atoms with E-state index >= 15 is 0 Å². The van der Waals surface area contributed by atoms with Crippen LogP contribution in [0.25, 0.3) is 0 Å². The first kappa shape index (κ1) is 23.6. The van der Waals surface area contributed by atoms with Gasteiger partial charge in [-0.1, -0.05) is 35.3 Å². The molecular formula is C20H18Cl2F2N2O4. The maximum atomic E-state index is 14.1. The monoisotopic (exact) mass is 458 g/mol. The standard InChI is InChI=1S/C20H18Cl2F2N2O4/c1-11(27)26(10-18(28)25-19-14(21)4-3-5-15(19)22)17(20(29)30-2)8-12-6-7-13(23)9-16(12)24/h3-7,9,17H,8,10H2,1-2H3,(H,25,28). The Morgan fingerprint density at radius 3 is 2.30 bits per heavy atom. The van der Waals surface area contributed by atoms with Crippen LogP contribution in [-0.2, 0) is 25.5 Å². The summed E-state index contributed by atoms with van der Waals surface area (Å²) in [6.45, 7) is 0.589. The summed E-state index contributed by atoms with van der Waals surface area (Å²) in [5.74, 6) is -3.86. The number of anilines is 1. The number of halogens is 4. The summed E-state index contributed by atoms with van der Waals surface area (Å²) in [7, 11) is 1.10. The summed E-state index contributed by atoms with van der Waals surface area (Å²) in [6, 6.07) is 6.14. The number of carbonyl (C=O) groups excluding carboxylic acids is 3. The van der Waals surface area contributed by atoms with Crippen molar-refractivity contribution in [2.45, 2.75) is 19.4 Å². The summed E-state index contributed by atoms with van der Waals surface area (Å²) in [5.41, 5.74) is 0.126. The van der Waals surface area contributed by atoms with Gasteiger partial charge in [-0.3, -0.25) is 9.59 Å².